The molecule has 1 aliphatic carbocycles. The van der Waals surface area contributed by atoms with Crippen LogP contribution < -0.4 is 0 Å². The largest absolute Gasteiger partial charge is 0.337 e. The normalized spacial score (nSPS) is 17.4. The van der Waals surface area contributed by atoms with Gasteiger partial charge in [-0.1, -0.05) is 17.3 Å². The number of carbonyl (C=O) groups excluding carboxylic acids is 2. The Kier molecular flexibility index (Phi) is 3.45. The lowest BCUT2D eigenvalue weighted by atomic mass is 10.2. The van der Waals surface area contributed by atoms with Gasteiger partial charge in [0.25, 0.3) is 11.6 Å². The van der Waals surface area contributed by atoms with E-state index in [1.54, 1.807) is 11.0 Å². The third-order valence-corrected chi connectivity index (χ3v) is 4.15. The van der Waals surface area contributed by atoms with E-state index >= 15 is 0 Å². The zero-order chi connectivity index (χ0) is 17.6. The molecular weight excluding hydrogens is 330 g/mol. The first-order valence-electron chi connectivity index (χ1n) is 7.71. The van der Waals surface area contributed by atoms with Gasteiger partial charge in [-0.05, 0) is 12.8 Å². The summed E-state index contributed by atoms with van der Waals surface area (Å²) in [4.78, 5) is 41.4. The summed E-state index contributed by atoms with van der Waals surface area (Å²) < 4.78 is 5.09. The SMILES string of the molecule is O=C1CN(C2CC2)C(=O)N1Cc1nc(-c2cccc([N+](=O)[O-])c2)no1. The predicted octanol–water partition coefficient (Wildman–Crippen LogP) is 1.57. The molecule has 1 aromatic carbocycles. The van der Waals surface area contributed by atoms with Crippen molar-refractivity contribution in [3.8, 4) is 11.4 Å². The summed E-state index contributed by atoms with van der Waals surface area (Å²) >= 11 is 0. The number of aromatic nitrogens is 2. The molecule has 2 aromatic rings. The molecule has 0 bridgehead atoms. The first kappa shape index (κ1) is 15.2. The van der Waals surface area contributed by atoms with Gasteiger partial charge >= 0.3 is 6.03 Å². The van der Waals surface area contributed by atoms with Crippen LogP contribution in [0.5, 0.6) is 0 Å². The van der Waals surface area contributed by atoms with Crippen LogP contribution in [0.2, 0.25) is 0 Å². The second-order valence-corrected chi connectivity index (χ2v) is 5.94. The number of nitrogens with zero attached hydrogens (tertiary/aromatic N) is 5. The van der Waals surface area contributed by atoms with E-state index in [9.17, 15) is 19.7 Å². The van der Waals surface area contributed by atoms with E-state index in [4.69, 9.17) is 4.52 Å². The molecule has 10 nitrogen and oxygen atoms in total. The van der Waals surface area contributed by atoms with Crippen molar-refractivity contribution in [1.29, 1.82) is 0 Å². The Hall–Kier alpha value is -3.30. The van der Waals surface area contributed by atoms with E-state index in [2.05, 4.69) is 10.1 Å². The van der Waals surface area contributed by atoms with Crippen molar-refractivity contribution in [2.75, 3.05) is 6.54 Å². The molecule has 10 heteroatoms. The maximum Gasteiger partial charge on any atom is 0.327 e. The lowest BCUT2D eigenvalue weighted by molar-refractivity contribution is -0.384. The summed E-state index contributed by atoms with van der Waals surface area (Å²) in [6.45, 7) is -0.0296. The number of benzene rings is 1. The molecule has 128 valence electrons. The van der Waals surface area contributed by atoms with Crippen LogP contribution in [-0.2, 0) is 11.3 Å². The standard InChI is InChI=1S/C15H13N5O5/c21-13-8-18(10-4-5-10)15(22)19(13)7-12-16-14(17-25-12)9-2-1-3-11(6-9)20(23)24/h1-3,6,10H,4-5,7-8H2. The fourth-order valence-electron chi connectivity index (χ4n) is 2.72. The van der Waals surface area contributed by atoms with Gasteiger partial charge in [-0.15, -0.1) is 0 Å². The lowest BCUT2D eigenvalue weighted by Crippen LogP contribution is -2.33. The van der Waals surface area contributed by atoms with Crippen LogP contribution in [0.25, 0.3) is 11.4 Å². The van der Waals surface area contributed by atoms with Crippen LogP contribution in [0.15, 0.2) is 28.8 Å². The number of non-ortho nitro benzene ring substituents is 1. The molecule has 1 aliphatic heterocycles. The van der Waals surface area contributed by atoms with E-state index in [0.717, 1.165) is 17.7 Å². The number of hydrogen-bond acceptors (Lipinski definition) is 7. The van der Waals surface area contributed by atoms with Gasteiger partial charge in [0.15, 0.2) is 0 Å². The fraction of sp³-hybridized carbons (Fsp3) is 0.333. The summed E-state index contributed by atoms with van der Waals surface area (Å²) in [5, 5.41) is 14.6. The quantitative estimate of drug-likeness (QED) is 0.458. The summed E-state index contributed by atoms with van der Waals surface area (Å²) in [7, 11) is 0. The molecule has 0 spiro atoms. The zero-order valence-electron chi connectivity index (χ0n) is 13.0. The third kappa shape index (κ3) is 2.82. The second-order valence-electron chi connectivity index (χ2n) is 5.94. The van der Waals surface area contributed by atoms with Gasteiger partial charge < -0.3 is 9.42 Å². The summed E-state index contributed by atoms with van der Waals surface area (Å²) in [6.07, 6.45) is 1.84. The maximum absolute atomic E-state index is 12.3. The minimum absolute atomic E-state index is 0.0787. The summed E-state index contributed by atoms with van der Waals surface area (Å²) in [6, 6.07) is 5.63. The molecular formula is C15H13N5O5. The van der Waals surface area contributed by atoms with Gasteiger partial charge in [0.05, 0.1) is 4.92 Å². The topological polar surface area (TPSA) is 123 Å². The van der Waals surface area contributed by atoms with E-state index in [1.165, 1.54) is 18.2 Å². The molecule has 25 heavy (non-hydrogen) atoms. The van der Waals surface area contributed by atoms with Crippen LogP contribution in [0.4, 0.5) is 10.5 Å². The molecule has 0 N–H and O–H groups in total. The van der Waals surface area contributed by atoms with E-state index < -0.39 is 4.92 Å². The minimum Gasteiger partial charge on any atom is -0.337 e. The van der Waals surface area contributed by atoms with Crippen LogP contribution in [0.1, 0.15) is 18.7 Å². The van der Waals surface area contributed by atoms with Crippen LogP contribution >= 0.6 is 0 Å². The highest BCUT2D eigenvalue weighted by atomic mass is 16.6. The van der Waals surface area contributed by atoms with Crippen molar-refractivity contribution in [1.82, 2.24) is 19.9 Å². The van der Waals surface area contributed by atoms with Crippen molar-refractivity contribution in [2.45, 2.75) is 25.4 Å². The van der Waals surface area contributed by atoms with Gasteiger partial charge in [0.1, 0.15) is 13.1 Å². The first-order valence-corrected chi connectivity index (χ1v) is 7.71. The average Bonchev–Trinajstić information content (AvgIpc) is 3.27. The first-order chi connectivity index (χ1) is 12.0. The monoisotopic (exact) mass is 343 g/mol. The molecule has 2 fully saturated rings. The smallest absolute Gasteiger partial charge is 0.327 e. The summed E-state index contributed by atoms with van der Waals surface area (Å²) in [5.74, 6) is -0.0373. The molecule has 2 aliphatic rings. The molecule has 0 atom stereocenters. The molecule has 0 unspecified atom stereocenters. The van der Waals surface area contributed by atoms with Crippen LogP contribution in [-0.4, -0.2) is 49.4 Å². The summed E-state index contributed by atoms with van der Waals surface area (Å²) in [5.41, 5.74) is 0.330. The van der Waals surface area contributed by atoms with Crippen molar-refractivity contribution in [3.05, 3.63) is 40.3 Å². The molecule has 3 amide bonds. The van der Waals surface area contributed by atoms with Crippen LogP contribution in [0.3, 0.4) is 0 Å². The number of rotatable bonds is 5. The number of hydrogen-bond donors (Lipinski definition) is 0. The number of urea groups is 1. The molecule has 4 rings (SSSR count). The maximum atomic E-state index is 12.3. The van der Waals surface area contributed by atoms with Gasteiger partial charge in [0, 0.05) is 23.7 Å². The van der Waals surface area contributed by atoms with Crippen molar-refractivity contribution in [2.24, 2.45) is 0 Å². The van der Waals surface area contributed by atoms with Crippen molar-refractivity contribution < 1.29 is 19.0 Å². The van der Waals surface area contributed by atoms with Crippen LogP contribution in [0, 0.1) is 10.1 Å². The Labute approximate surface area is 141 Å². The fourth-order valence-corrected chi connectivity index (χ4v) is 2.72. The number of carbonyl (C=O) groups is 2. The number of imide groups is 1. The third-order valence-electron chi connectivity index (χ3n) is 4.15. The van der Waals surface area contributed by atoms with E-state index in [-0.39, 0.29) is 48.5 Å². The molecule has 2 heterocycles. The minimum atomic E-state index is -0.515. The van der Waals surface area contributed by atoms with Gasteiger partial charge in [-0.2, -0.15) is 4.98 Å². The average molecular weight is 343 g/mol. The van der Waals surface area contributed by atoms with E-state index in [0.29, 0.717) is 5.56 Å². The Morgan fingerprint density at radius 1 is 1.32 bits per heavy atom. The molecule has 1 saturated heterocycles. The van der Waals surface area contributed by atoms with Gasteiger partial charge in [-0.3, -0.25) is 19.8 Å². The Morgan fingerprint density at radius 2 is 2.12 bits per heavy atom. The molecule has 1 saturated carbocycles. The highest BCUT2D eigenvalue weighted by Crippen LogP contribution is 2.31. The molecule has 0 radical (unpaired) electrons. The highest BCUT2D eigenvalue weighted by molar-refractivity contribution is 6.02. The number of amides is 3. The number of nitro benzene ring substituents is 1. The zero-order valence-corrected chi connectivity index (χ0v) is 13.0. The lowest BCUT2D eigenvalue weighted by Gasteiger charge is -2.14. The molecule has 1 aromatic heterocycles. The Bertz CT molecular complexity index is 875. The Balaban J connectivity index is 1.52. The van der Waals surface area contributed by atoms with Gasteiger partial charge in [-0.25, -0.2) is 4.79 Å². The van der Waals surface area contributed by atoms with Crippen molar-refractivity contribution in [3.63, 3.8) is 0 Å². The van der Waals surface area contributed by atoms with Gasteiger partial charge in [0.2, 0.25) is 11.7 Å². The highest BCUT2D eigenvalue weighted by Gasteiger charge is 2.44. The van der Waals surface area contributed by atoms with Crippen molar-refractivity contribution >= 4 is 17.6 Å². The second kappa shape index (κ2) is 5.65. The Morgan fingerprint density at radius 3 is 2.84 bits per heavy atom. The predicted molar refractivity (Wildman–Crippen MR) is 82.1 cm³/mol. The number of nitro groups is 1. The van der Waals surface area contributed by atoms with E-state index in [1.807, 2.05) is 0 Å².